The van der Waals surface area contributed by atoms with Gasteiger partial charge in [0, 0.05) is 5.92 Å². The average molecular weight is 220 g/mol. The van der Waals surface area contributed by atoms with E-state index < -0.39 is 0 Å². The highest BCUT2D eigenvalue weighted by molar-refractivity contribution is 5.82. The van der Waals surface area contributed by atoms with Crippen LogP contribution in [0.3, 0.4) is 0 Å². The molecule has 0 N–H and O–H groups in total. The molecular weight excluding hydrogens is 204 g/mol. The third-order valence-electron chi connectivity index (χ3n) is 3.15. The summed E-state index contributed by atoms with van der Waals surface area (Å²) in [5.41, 5.74) is 1.16. The Morgan fingerprint density at radius 1 is 1.25 bits per heavy atom. The minimum Gasteiger partial charge on any atom is -0.493 e. The maximum atomic E-state index is 11.2. The maximum absolute atomic E-state index is 11.2. The molecule has 86 valence electrons. The number of ketones is 1. The SMILES string of the molecule is COc1ccc([C@H]2C[C@@H]2C(C)=O)cc1OC. The van der Waals surface area contributed by atoms with Crippen LogP contribution in [-0.4, -0.2) is 20.0 Å². The fraction of sp³-hybridized carbons (Fsp3) is 0.462. The topological polar surface area (TPSA) is 35.5 Å². The van der Waals surface area contributed by atoms with E-state index in [-0.39, 0.29) is 11.7 Å². The highest BCUT2D eigenvalue weighted by Gasteiger charge is 2.41. The van der Waals surface area contributed by atoms with Crippen LogP contribution >= 0.6 is 0 Å². The normalized spacial score (nSPS) is 22.7. The molecule has 2 rings (SSSR count). The molecule has 3 heteroatoms. The lowest BCUT2D eigenvalue weighted by Gasteiger charge is -2.09. The van der Waals surface area contributed by atoms with Gasteiger partial charge in [-0.05, 0) is 37.0 Å². The predicted molar refractivity (Wildman–Crippen MR) is 61.1 cm³/mol. The molecular formula is C13H16O3. The van der Waals surface area contributed by atoms with E-state index in [0.29, 0.717) is 5.92 Å². The van der Waals surface area contributed by atoms with Crippen LogP contribution in [0.2, 0.25) is 0 Å². The van der Waals surface area contributed by atoms with Gasteiger partial charge in [-0.1, -0.05) is 6.07 Å². The van der Waals surface area contributed by atoms with Crippen LogP contribution in [0.15, 0.2) is 18.2 Å². The fourth-order valence-electron chi connectivity index (χ4n) is 2.10. The van der Waals surface area contributed by atoms with Crippen molar-refractivity contribution in [3.63, 3.8) is 0 Å². The number of methoxy groups -OCH3 is 2. The van der Waals surface area contributed by atoms with Crippen molar-refractivity contribution >= 4 is 5.78 Å². The molecule has 0 unspecified atom stereocenters. The highest BCUT2D eigenvalue weighted by atomic mass is 16.5. The van der Waals surface area contributed by atoms with Crippen molar-refractivity contribution in [3.05, 3.63) is 23.8 Å². The Bertz CT molecular complexity index is 412. The summed E-state index contributed by atoms with van der Waals surface area (Å²) in [5, 5.41) is 0. The first-order chi connectivity index (χ1) is 7.67. The first-order valence-corrected chi connectivity index (χ1v) is 5.39. The summed E-state index contributed by atoms with van der Waals surface area (Å²) in [7, 11) is 3.24. The summed E-state index contributed by atoms with van der Waals surface area (Å²) in [6.45, 7) is 1.66. The summed E-state index contributed by atoms with van der Waals surface area (Å²) in [4.78, 5) is 11.2. The van der Waals surface area contributed by atoms with Crippen LogP contribution in [-0.2, 0) is 4.79 Å². The van der Waals surface area contributed by atoms with E-state index in [9.17, 15) is 4.79 Å². The molecule has 1 fully saturated rings. The van der Waals surface area contributed by atoms with Crippen molar-refractivity contribution in [2.24, 2.45) is 5.92 Å². The Balaban J connectivity index is 2.21. The number of carbonyl (C=O) groups excluding carboxylic acids is 1. The van der Waals surface area contributed by atoms with E-state index in [1.165, 1.54) is 0 Å². The Morgan fingerprint density at radius 2 is 1.94 bits per heavy atom. The van der Waals surface area contributed by atoms with Crippen LogP contribution in [0.5, 0.6) is 11.5 Å². The molecule has 0 aliphatic heterocycles. The second-order valence-electron chi connectivity index (χ2n) is 4.17. The second kappa shape index (κ2) is 4.16. The molecule has 0 spiro atoms. The van der Waals surface area contributed by atoms with Crippen molar-refractivity contribution in [2.45, 2.75) is 19.3 Å². The van der Waals surface area contributed by atoms with Crippen molar-refractivity contribution in [3.8, 4) is 11.5 Å². The van der Waals surface area contributed by atoms with Gasteiger partial charge in [0.05, 0.1) is 14.2 Å². The zero-order chi connectivity index (χ0) is 11.7. The van der Waals surface area contributed by atoms with Gasteiger partial charge in [0.2, 0.25) is 0 Å². The van der Waals surface area contributed by atoms with Crippen molar-refractivity contribution in [2.75, 3.05) is 14.2 Å². The van der Waals surface area contributed by atoms with E-state index in [1.807, 2.05) is 18.2 Å². The summed E-state index contributed by atoms with van der Waals surface area (Å²) < 4.78 is 10.4. The van der Waals surface area contributed by atoms with E-state index in [2.05, 4.69) is 0 Å². The first-order valence-electron chi connectivity index (χ1n) is 5.39. The van der Waals surface area contributed by atoms with Gasteiger partial charge in [0.1, 0.15) is 5.78 Å². The molecule has 0 bridgehead atoms. The van der Waals surface area contributed by atoms with Gasteiger partial charge in [-0.3, -0.25) is 4.79 Å². The minimum absolute atomic E-state index is 0.207. The number of Topliss-reactive ketones (excluding diaryl/α,β-unsaturated/α-hetero) is 1. The molecule has 0 amide bonds. The zero-order valence-electron chi connectivity index (χ0n) is 9.82. The number of hydrogen-bond acceptors (Lipinski definition) is 3. The number of rotatable bonds is 4. The summed E-state index contributed by atoms with van der Waals surface area (Å²) in [5.74, 6) is 2.32. The van der Waals surface area contributed by atoms with Crippen LogP contribution in [0.4, 0.5) is 0 Å². The van der Waals surface area contributed by atoms with Crippen molar-refractivity contribution in [1.82, 2.24) is 0 Å². The van der Waals surface area contributed by atoms with E-state index in [0.717, 1.165) is 23.5 Å². The largest absolute Gasteiger partial charge is 0.493 e. The van der Waals surface area contributed by atoms with Crippen LogP contribution in [0, 0.1) is 5.92 Å². The Labute approximate surface area is 95.4 Å². The number of benzene rings is 1. The van der Waals surface area contributed by atoms with E-state index >= 15 is 0 Å². The molecule has 1 aliphatic carbocycles. The van der Waals surface area contributed by atoms with Gasteiger partial charge in [0.25, 0.3) is 0 Å². The molecule has 0 aromatic heterocycles. The van der Waals surface area contributed by atoms with Gasteiger partial charge in [-0.2, -0.15) is 0 Å². The Kier molecular flexibility index (Phi) is 2.86. The minimum atomic E-state index is 0.207. The lowest BCUT2D eigenvalue weighted by molar-refractivity contribution is -0.118. The van der Waals surface area contributed by atoms with Crippen LogP contribution in [0.25, 0.3) is 0 Å². The standard InChI is InChI=1S/C13H16O3/c1-8(14)10-7-11(10)9-4-5-12(15-2)13(6-9)16-3/h4-6,10-11H,7H2,1-3H3/t10-,11-/m1/s1. The van der Waals surface area contributed by atoms with Gasteiger partial charge < -0.3 is 9.47 Å². The Hall–Kier alpha value is -1.51. The van der Waals surface area contributed by atoms with Crippen LogP contribution < -0.4 is 9.47 Å². The monoisotopic (exact) mass is 220 g/mol. The molecule has 1 saturated carbocycles. The quantitative estimate of drug-likeness (QED) is 0.781. The van der Waals surface area contributed by atoms with Crippen molar-refractivity contribution < 1.29 is 14.3 Å². The van der Waals surface area contributed by atoms with E-state index in [4.69, 9.17) is 9.47 Å². The fourth-order valence-corrected chi connectivity index (χ4v) is 2.10. The van der Waals surface area contributed by atoms with Gasteiger partial charge in [-0.25, -0.2) is 0 Å². The van der Waals surface area contributed by atoms with Gasteiger partial charge in [-0.15, -0.1) is 0 Å². The predicted octanol–water partition coefficient (Wildman–Crippen LogP) is 2.40. The van der Waals surface area contributed by atoms with Gasteiger partial charge >= 0.3 is 0 Å². The second-order valence-corrected chi connectivity index (χ2v) is 4.17. The molecule has 0 saturated heterocycles. The zero-order valence-corrected chi connectivity index (χ0v) is 9.82. The lowest BCUT2D eigenvalue weighted by atomic mass is 10.1. The summed E-state index contributed by atoms with van der Waals surface area (Å²) >= 11 is 0. The van der Waals surface area contributed by atoms with Crippen LogP contribution in [0.1, 0.15) is 24.8 Å². The molecule has 0 heterocycles. The maximum Gasteiger partial charge on any atom is 0.160 e. The number of carbonyl (C=O) groups is 1. The molecule has 1 aromatic carbocycles. The van der Waals surface area contributed by atoms with Crippen molar-refractivity contribution in [1.29, 1.82) is 0 Å². The molecule has 2 atom stereocenters. The summed E-state index contributed by atoms with van der Waals surface area (Å²) in [6.07, 6.45) is 0.963. The molecule has 0 radical (unpaired) electrons. The smallest absolute Gasteiger partial charge is 0.160 e. The molecule has 1 aromatic rings. The number of ether oxygens (including phenoxy) is 2. The Morgan fingerprint density at radius 3 is 2.44 bits per heavy atom. The molecule has 3 nitrogen and oxygen atoms in total. The highest BCUT2D eigenvalue weighted by Crippen LogP contribution is 2.49. The molecule has 1 aliphatic rings. The molecule has 16 heavy (non-hydrogen) atoms. The average Bonchev–Trinajstić information content (AvgIpc) is 3.08. The third-order valence-corrected chi connectivity index (χ3v) is 3.15. The first kappa shape index (κ1) is 11.0. The third kappa shape index (κ3) is 1.90. The lowest BCUT2D eigenvalue weighted by Crippen LogP contribution is -1.96. The number of hydrogen-bond donors (Lipinski definition) is 0. The van der Waals surface area contributed by atoms with E-state index in [1.54, 1.807) is 21.1 Å². The van der Waals surface area contributed by atoms with Gasteiger partial charge in [0.15, 0.2) is 11.5 Å². The summed E-state index contributed by atoms with van der Waals surface area (Å²) in [6, 6.07) is 5.87.